The summed E-state index contributed by atoms with van der Waals surface area (Å²) in [6, 6.07) is 2.23. The van der Waals surface area contributed by atoms with Crippen LogP contribution in [0.3, 0.4) is 0 Å². The maximum Gasteiger partial charge on any atom is 0.422 e. The molecule has 0 saturated carbocycles. The number of rotatable bonds is 5. The Balaban J connectivity index is 0. The van der Waals surface area contributed by atoms with Gasteiger partial charge < -0.3 is 15.8 Å². The summed E-state index contributed by atoms with van der Waals surface area (Å²) in [6.45, 7) is 4.24. The molecule has 1 aromatic rings. The molecule has 1 heterocycles. The molecule has 0 unspecified atom stereocenters. The number of alkyl halides is 3. The molecule has 10 heteroatoms. The predicted octanol–water partition coefficient (Wildman–Crippen LogP) is 2.86. The van der Waals surface area contributed by atoms with Crippen LogP contribution < -0.4 is 15.8 Å². The average Bonchev–Trinajstić information content (AvgIpc) is 2.40. The van der Waals surface area contributed by atoms with E-state index in [1.165, 1.54) is 12.3 Å². The lowest BCUT2D eigenvalue weighted by Gasteiger charge is -2.25. The molecule has 0 bridgehead atoms. The highest BCUT2D eigenvalue weighted by Gasteiger charge is 2.29. The van der Waals surface area contributed by atoms with Crippen molar-refractivity contribution >= 4 is 30.7 Å². The van der Waals surface area contributed by atoms with Gasteiger partial charge >= 0.3 is 6.18 Å². The van der Waals surface area contributed by atoms with Gasteiger partial charge in [-0.2, -0.15) is 13.2 Å². The molecule has 24 heavy (non-hydrogen) atoms. The number of ether oxygens (including phenoxy) is 1. The predicted molar refractivity (Wildman–Crippen MR) is 89.6 cm³/mol. The average molecular weight is 392 g/mol. The highest BCUT2D eigenvalue weighted by Crippen LogP contribution is 2.18. The van der Waals surface area contributed by atoms with Gasteiger partial charge in [0.1, 0.15) is 0 Å². The first-order chi connectivity index (χ1) is 9.99. The number of amides is 1. The number of hydrogen-bond donors (Lipinski definition) is 2. The van der Waals surface area contributed by atoms with Gasteiger partial charge in [0.2, 0.25) is 11.8 Å². The van der Waals surface area contributed by atoms with E-state index in [9.17, 15) is 18.0 Å². The lowest BCUT2D eigenvalue weighted by molar-refractivity contribution is -0.154. The highest BCUT2D eigenvalue weighted by molar-refractivity contribution is 5.85. The fraction of sp³-hybridized carbons (Fsp3) is 0.571. The van der Waals surface area contributed by atoms with Crippen molar-refractivity contribution < 1.29 is 22.7 Å². The first-order valence-corrected chi connectivity index (χ1v) is 6.67. The Labute approximate surface area is 151 Å². The molecule has 0 aliphatic carbocycles. The van der Waals surface area contributed by atoms with Crippen LogP contribution in [0.25, 0.3) is 0 Å². The van der Waals surface area contributed by atoms with Gasteiger partial charge in [-0.1, -0.05) is 20.8 Å². The number of hydrogen-bond acceptors (Lipinski definition) is 4. The minimum absolute atomic E-state index is 0. The summed E-state index contributed by atoms with van der Waals surface area (Å²) in [6.07, 6.45) is -3.11. The molecule has 0 aliphatic heterocycles. The normalized spacial score (nSPS) is 12.5. The Morgan fingerprint density at radius 2 is 1.92 bits per heavy atom. The number of halogens is 5. The Kier molecular flexibility index (Phi) is 10.3. The Morgan fingerprint density at radius 1 is 1.33 bits per heavy atom. The topological polar surface area (TPSA) is 77.2 Å². The second-order valence-corrected chi connectivity index (χ2v) is 5.97. The van der Waals surface area contributed by atoms with Gasteiger partial charge in [-0.15, -0.1) is 24.8 Å². The smallest absolute Gasteiger partial charge is 0.422 e. The van der Waals surface area contributed by atoms with Crippen LogP contribution in [0.2, 0.25) is 0 Å². The second-order valence-electron chi connectivity index (χ2n) is 5.97. The van der Waals surface area contributed by atoms with Crippen LogP contribution >= 0.6 is 24.8 Å². The Morgan fingerprint density at radius 3 is 2.42 bits per heavy atom. The van der Waals surface area contributed by atoms with Gasteiger partial charge in [-0.05, 0) is 17.0 Å². The summed E-state index contributed by atoms with van der Waals surface area (Å²) in [5.41, 5.74) is 6.00. The van der Waals surface area contributed by atoms with E-state index in [-0.39, 0.29) is 48.6 Å². The van der Waals surface area contributed by atoms with Crippen molar-refractivity contribution in [3.8, 4) is 5.88 Å². The molecule has 3 N–H and O–H groups in total. The van der Waals surface area contributed by atoms with Gasteiger partial charge in [0.05, 0.1) is 6.04 Å². The van der Waals surface area contributed by atoms with Crippen molar-refractivity contribution in [3.63, 3.8) is 0 Å². The lowest BCUT2D eigenvalue weighted by Crippen LogP contribution is -2.48. The molecule has 1 rings (SSSR count). The third kappa shape index (κ3) is 9.14. The second kappa shape index (κ2) is 9.90. The standard InChI is InChI=1S/C14H20F3N3O2.2ClH/c1-13(2,3)11(18)12(21)20-7-9-4-5-19-10(6-9)22-8-14(15,16)17;;/h4-6,11H,7-8,18H2,1-3H3,(H,20,21);2*1H/t11-;;/m1../s1. The Hall–Kier alpha value is -1.25. The van der Waals surface area contributed by atoms with Crippen LogP contribution in [0.5, 0.6) is 5.88 Å². The van der Waals surface area contributed by atoms with E-state index in [2.05, 4.69) is 15.0 Å². The van der Waals surface area contributed by atoms with Crippen LogP contribution in [-0.4, -0.2) is 29.7 Å². The van der Waals surface area contributed by atoms with E-state index >= 15 is 0 Å². The summed E-state index contributed by atoms with van der Waals surface area (Å²) in [7, 11) is 0. The lowest BCUT2D eigenvalue weighted by atomic mass is 9.87. The molecule has 1 amide bonds. The third-order valence-corrected chi connectivity index (χ3v) is 2.87. The summed E-state index contributed by atoms with van der Waals surface area (Å²) in [5, 5.41) is 2.64. The van der Waals surface area contributed by atoms with Crippen molar-refractivity contribution in [1.29, 1.82) is 0 Å². The minimum Gasteiger partial charge on any atom is -0.468 e. The van der Waals surface area contributed by atoms with Crippen molar-refractivity contribution in [2.24, 2.45) is 11.1 Å². The molecule has 1 aromatic heterocycles. The maximum atomic E-state index is 12.1. The molecule has 0 radical (unpaired) electrons. The van der Waals surface area contributed by atoms with E-state index in [1.807, 2.05) is 20.8 Å². The van der Waals surface area contributed by atoms with Crippen LogP contribution in [0, 0.1) is 5.41 Å². The van der Waals surface area contributed by atoms with Crippen LogP contribution in [-0.2, 0) is 11.3 Å². The fourth-order valence-electron chi connectivity index (χ4n) is 1.49. The van der Waals surface area contributed by atoms with Crippen LogP contribution in [0.15, 0.2) is 18.3 Å². The zero-order chi connectivity index (χ0) is 17.0. The first-order valence-electron chi connectivity index (χ1n) is 6.67. The molecule has 5 nitrogen and oxygen atoms in total. The molecule has 0 saturated heterocycles. The van der Waals surface area contributed by atoms with Crippen molar-refractivity contribution in [2.45, 2.75) is 39.5 Å². The van der Waals surface area contributed by atoms with E-state index < -0.39 is 18.8 Å². The maximum absolute atomic E-state index is 12.1. The molecule has 140 valence electrons. The van der Waals surface area contributed by atoms with Crippen molar-refractivity contribution in [2.75, 3.05) is 6.61 Å². The number of pyridine rings is 1. The monoisotopic (exact) mass is 391 g/mol. The molecular weight excluding hydrogens is 370 g/mol. The molecular formula is C14H22Cl2F3N3O2. The summed E-state index contributed by atoms with van der Waals surface area (Å²) in [4.78, 5) is 15.6. The zero-order valence-electron chi connectivity index (χ0n) is 13.5. The number of nitrogens with zero attached hydrogens (tertiary/aromatic N) is 1. The molecule has 0 fully saturated rings. The first kappa shape index (κ1) is 25.0. The number of carbonyl (C=O) groups is 1. The van der Waals surface area contributed by atoms with E-state index in [0.717, 1.165) is 0 Å². The number of aromatic nitrogens is 1. The largest absolute Gasteiger partial charge is 0.468 e. The summed E-state index contributed by atoms with van der Waals surface area (Å²) >= 11 is 0. The van der Waals surface area contributed by atoms with Crippen LogP contribution in [0.1, 0.15) is 26.3 Å². The van der Waals surface area contributed by atoms with Gasteiger partial charge in [-0.3, -0.25) is 4.79 Å². The summed E-state index contributed by atoms with van der Waals surface area (Å²) in [5.74, 6) is -0.480. The van der Waals surface area contributed by atoms with Gasteiger partial charge in [-0.25, -0.2) is 4.98 Å². The quantitative estimate of drug-likeness (QED) is 0.808. The van der Waals surface area contributed by atoms with E-state index in [1.54, 1.807) is 6.07 Å². The molecule has 0 spiro atoms. The van der Waals surface area contributed by atoms with Gasteiger partial charge in [0.25, 0.3) is 0 Å². The number of nitrogens with two attached hydrogens (primary N) is 1. The summed E-state index contributed by atoms with van der Waals surface area (Å²) < 4.78 is 40.8. The van der Waals surface area contributed by atoms with E-state index in [4.69, 9.17) is 5.73 Å². The SMILES string of the molecule is CC(C)(C)[C@H](N)C(=O)NCc1ccnc(OCC(F)(F)F)c1.Cl.Cl. The minimum atomic E-state index is -4.43. The number of carbonyl (C=O) groups excluding carboxylic acids is 1. The third-order valence-electron chi connectivity index (χ3n) is 2.87. The van der Waals surface area contributed by atoms with Crippen molar-refractivity contribution in [1.82, 2.24) is 10.3 Å². The Bertz CT molecular complexity index is 523. The van der Waals surface area contributed by atoms with Gasteiger partial charge in [0, 0.05) is 18.8 Å². The van der Waals surface area contributed by atoms with Crippen molar-refractivity contribution in [3.05, 3.63) is 23.9 Å². The van der Waals surface area contributed by atoms with Crippen LogP contribution in [0.4, 0.5) is 13.2 Å². The fourth-order valence-corrected chi connectivity index (χ4v) is 1.49. The molecule has 0 aliphatic rings. The molecule has 1 atom stereocenters. The van der Waals surface area contributed by atoms with E-state index in [0.29, 0.717) is 5.56 Å². The zero-order valence-corrected chi connectivity index (χ0v) is 15.1. The number of nitrogens with one attached hydrogen (secondary N) is 1. The van der Waals surface area contributed by atoms with Gasteiger partial charge in [0.15, 0.2) is 6.61 Å². The molecule has 0 aromatic carbocycles. The highest BCUT2D eigenvalue weighted by atomic mass is 35.5.